The first kappa shape index (κ1) is 31.4. The molecular formula is C25H38O7. The van der Waals surface area contributed by atoms with E-state index >= 15 is 0 Å². The van der Waals surface area contributed by atoms with Crippen LogP contribution < -0.4 is 0 Å². The van der Waals surface area contributed by atoms with Crippen molar-refractivity contribution in [3.8, 4) is 0 Å². The lowest BCUT2D eigenvalue weighted by Crippen LogP contribution is -2.32. The van der Waals surface area contributed by atoms with Crippen molar-refractivity contribution in [2.45, 2.75) is 40.0 Å². The van der Waals surface area contributed by atoms with Crippen molar-refractivity contribution >= 4 is 18.0 Å². The van der Waals surface area contributed by atoms with Crippen LogP contribution in [0.15, 0.2) is 60.7 Å². The van der Waals surface area contributed by atoms with E-state index in [1.165, 1.54) is 18.6 Å². The average Bonchev–Trinajstić information content (AvgIpc) is 2.82. The molecule has 0 spiro atoms. The van der Waals surface area contributed by atoms with Crippen molar-refractivity contribution < 1.29 is 34.8 Å². The van der Waals surface area contributed by atoms with E-state index in [1.54, 1.807) is 0 Å². The van der Waals surface area contributed by atoms with Gasteiger partial charge in [0.05, 0.1) is 32.0 Å². The Morgan fingerprint density at radius 3 is 1.91 bits per heavy atom. The third-order valence-electron chi connectivity index (χ3n) is 4.51. The normalized spacial score (nSPS) is 10.6. The maximum absolute atomic E-state index is 11.2. The molecule has 0 amide bonds. The maximum Gasteiger partial charge on any atom is 0.337 e. The number of carboxylic acid groups (broad SMARTS) is 1. The molecule has 0 unspecified atom stereocenters. The van der Waals surface area contributed by atoms with E-state index < -0.39 is 17.4 Å². The zero-order valence-electron chi connectivity index (χ0n) is 19.4. The van der Waals surface area contributed by atoms with E-state index in [4.69, 9.17) is 25.2 Å². The Morgan fingerprint density at radius 1 is 1.06 bits per heavy atom. The van der Waals surface area contributed by atoms with Gasteiger partial charge in [-0.3, -0.25) is 0 Å². The minimum atomic E-state index is -1.07. The molecule has 1 rings (SSSR count). The predicted octanol–water partition coefficient (Wildman–Crippen LogP) is 3.61. The number of aliphatic hydroxyl groups excluding tert-OH is 3. The second-order valence-electron chi connectivity index (χ2n) is 7.09. The Labute approximate surface area is 191 Å². The fourth-order valence-corrected chi connectivity index (χ4v) is 1.86. The molecule has 0 fully saturated rings. The van der Waals surface area contributed by atoms with Gasteiger partial charge in [-0.15, -0.1) is 0 Å². The largest absolute Gasteiger partial charge is 0.478 e. The van der Waals surface area contributed by atoms with Crippen LogP contribution in [0, 0.1) is 5.41 Å². The van der Waals surface area contributed by atoms with Gasteiger partial charge in [0.1, 0.15) is 0 Å². The van der Waals surface area contributed by atoms with Crippen LogP contribution in [0.1, 0.15) is 45.6 Å². The smallest absolute Gasteiger partial charge is 0.337 e. The van der Waals surface area contributed by atoms with Crippen molar-refractivity contribution in [1.29, 1.82) is 0 Å². The molecule has 4 N–H and O–H groups in total. The fraction of sp³-hybridized carbons (Fsp3) is 0.440. The molecule has 0 aliphatic heterocycles. The lowest BCUT2D eigenvalue weighted by atomic mass is 9.88. The highest BCUT2D eigenvalue weighted by molar-refractivity contribution is 5.94. The second-order valence-corrected chi connectivity index (χ2v) is 7.09. The molecule has 0 bridgehead atoms. The fourth-order valence-electron chi connectivity index (χ4n) is 1.86. The van der Waals surface area contributed by atoms with Gasteiger partial charge in [-0.05, 0) is 31.4 Å². The van der Waals surface area contributed by atoms with Crippen molar-refractivity contribution in [1.82, 2.24) is 0 Å². The molecule has 0 saturated carbocycles. The highest BCUT2D eigenvalue weighted by Gasteiger charge is 2.24. The van der Waals surface area contributed by atoms with Crippen LogP contribution in [0.2, 0.25) is 0 Å². The molecule has 0 heterocycles. The Bertz CT molecular complexity index is 687. The number of ether oxygens (including phenoxy) is 1. The average molecular weight is 451 g/mol. The zero-order valence-corrected chi connectivity index (χ0v) is 19.4. The number of hydrogen-bond acceptors (Lipinski definition) is 6. The van der Waals surface area contributed by atoms with Crippen LogP contribution in [-0.4, -0.2) is 58.8 Å². The lowest BCUT2D eigenvalue weighted by molar-refractivity contribution is -0.138. The summed E-state index contributed by atoms with van der Waals surface area (Å²) in [6.07, 6.45) is 5.36. The molecular weight excluding hydrogens is 412 g/mol. The minimum Gasteiger partial charge on any atom is -0.478 e. The number of benzene rings is 1. The highest BCUT2D eigenvalue weighted by atomic mass is 16.5. The zero-order chi connectivity index (χ0) is 25.0. The molecule has 0 aliphatic carbocycles. The number of rotatable bonds is 11. The number of carbonyl (C=O) groups excluding carboxylic acids is 1. The highest BCUT2D eigenvalue weighted by Crippen LogP contribution is 2.18. The summed E-state index contributed by atoms with van der Waals surface area (Å²) in [5, 5.41) is 34.5. The number of carboxylic acids is 1. The molecule has 32 heavy (non-hydrogen) atoms. The first-order valence-electron chi connectivity index (χ1n) is 10.4. The number of aliphatic hydroxyl groups is 3. The summed E-state index contributed by atoms with van der Waals surface area (Å²) in [6.45, 7) is 12.1. The van der Waals surface area contributed by atoms with Gasteiger partial charge >= 0.3 is 11.9 Å². The Balaban J connectivity index is 0. The SMILES string of the molecule is C=C(C=C(C)C(=O)O)C(=O)OCCCC.C=Cc1ccccc1.CCC(CO)(CO)CO. The molecule has 0 aromatic heterocycles. The number of aliphatic carboxylic acids is 1. The van der Waals surface area contributed by atoms with Gasteiger partial charge in [-0.25, -0.2) is 9.59 Å². The number of hydrogen-bond donors (Lipinski definition) is 4. The lowest BCUT2D eigenvalue weighted by Gasteiger charge is -2.24. The van der Waals surface area contributed by atoms with Crippen LogP contribution in [0.5, 0.6) is 0 Å². The van der Waals surface area contributed by atoms with E-state index in [9.17, 15) is 9.59 Å². The number of esters is 1. The standard InChI is InChI=1S/C11H16O4.C8H8.C6H14O3/c1-4-5-6-15-11(14)9(3)7-8(2)10(12)13;1-2-8-6-4-3-5-7-8;1-2-6(3-7,4-8)5-9/h7H,3-6H2,1-2H3,(H,12,13);2-7H,1H2;7-9H,2-5H2,1H3. The Kier molecular flexibility index (Phi) is 18.7. The van der Waals surface area contributed by atoms with Crippen LogP contribution >= 0.6 is 0 Å². The van der Waals surface area contributed by atoms with Gasteiger partial charge in [-0.2, -0.15) is 0 Å². The first-order chi connectivity index (χ1) is 15.2. The monoisotopic (exact) mass is 450 g/mol. The number of unbranched alkanes of at least 4 members (excludes halogenated alkanes) is 1. The third-order valence-corrected chi connectivity index (χ3v) is 4.51. The van der Waals surface area contributed by atoms with Crippen molar-refractivity contribution in [3.63, 3.8) is 0 Å². The van der Waals surface area contributed by atoms with E-state index in [2.05, 4.69) is 13.2 Å². The molecule has 1 aromatic carbocycles. The molecule has 180 valence electrons. The topological polar surface area (TPSA) is 124 Å². The summed E-state index contributed by atoms with van der Waals surface area (Å²) < 4.78 is 4.85. The minimum absolute atomic E-state index is 0.0611. The Morgan fingerprint density at radius 2 is 1.59 bits per heavy atom. The summed E-state index contributed by atoms with van der Waals surface area (Å²) in [5.74, 6) is -1.64. The molecule has 7 nitrogen and oxygen atoms in total. The summed E-state index contributed by atoms with van der Waals surface area (Å²) >= 11 is 0. The summed E-state index contributed by atoms with van der Waals surface area (Å²) in [6, 6.07) is 10.0. The molecule has 0 radical (unpaired) electrons. The molecule has 7 heteroatoms. The van der Waals surface area contributed by atoms with Crippen molar-refractivity contribution in [2.24, 2.45) is 5.41 Å². The van der Waals surface area contributed by atoms with Gasteiger partial charge in [-0.1, -0.05) is 69.8 Å². The van der Waals surface area contributed by atoms with Gasteiger partial charge in [0.15, 0.2) is 0 Å². The van der Waals surface area contributed by atoms with E-state index in [0.717, 1.165) is 12.8 Å². The maximum atomic E-state index is 11.2. The van der Waals surface area contributed by atoms with Gasteiger partial charge in [0, 0.05) is 11.0 Å². The first-order valence-corrected chi connectivity index (χ1v) is 10.4. The summed E-state index contributed by atoms with van der Waals surface area (Å²) in [7, 11) is 0. The van der Waals surface area contributed by atoms with E-state index in [1.807, 2.05) is 50.3 Å². The Hall–Kier alpha value is -2.74. The quantitative estimate of drug-likeness (QED) is 0.176. The van der Waals surface area contributed by atoms with Crippen molar-refractivity contribution in [2.75, 3.05) is 26.4 Å². The predicted molar refractivity (Wildman–Crippen MR) is 127 cm³/mol. The summed E-state index contributed by atoms with van der Waals surface area (Å²) in [4.78, 5) is 21.7. The van der Waals surface area contributed by atoms with Gasteiger partial charge in [0.2, 0.25) is 0 Å². The molecule has 0 aliphatic rings. The van der Waals surface area contributed by atoms with Crippen LogP contribution in [0.3, 0.4) is 0 Å². The van der Waals surface area contributed by atoms with Crippen LogP contribution in [0.4, 0.5) is 0 Å². The number of carbonyl (C=O) groups is 2. The second kappa shape index (κ2) is 19.0. The third kappa shape index (κ3) is 14.3. The van der Waals surface area contributed by atoms with Gasteiger partial charge in [0.25, 0.3) is 0 Å². The van der Waals surface area contributed by atoms with Gasteiger partial charge < -0.3 is 25.2 Å². The van der Waals surface area contributed by atoms with E-state index in [-0.39, 0.29) is 31.0 Å². The van der Waals surface area contributed by atoms with Crippen LogP contribution in [-0.2, 0) is 14.3 Å². The summed E-state index contributed by atoms with van der Waals surface area (Å²) in [5.41, 5.74) is 0.631. The molecule has 0 saturated heterocycles. The van der Waals surface area contributed by atoms with E-state index in [0.29, 0.717) is 13.0 Å². The van der Waals surface area contributed by atoms with Crippen LogP contribution in [0.25, 0.3) is 6.08 Å². The molecule has 1 aromatic rings. The van der Waals surface area contributed by atoms with Crippen molar-refractivity contribution in [3.05, 3.63) is 66.3 Å². The molecule has 0 atom stereocenters.